The number of fused-ring (bicyclic) bond motifs is 1. The number of anilines is 2. The zero-order chi connectivity index (χ0) is 22.0. The quantitative estimate of drug-likeness (QED) is 0.413. The Bertz CT molecular complexity index is 1240. The molecule has 0 aliphatic rings. The normalized spacial score (nSPS) is 11.4. The number of methoxy groups -OCH3 is 1. The highest BCUT2D eigenvalue weighted by atomic mass is 16.5. The first-order valence-electron chi connectivity index (χ1n) is 9.92. The second-order valence-electron chi connectivity index (χ2n) is 8.14. The summed E-state index contributed by atoms with van der Waals surface area (Å²) in [6, 6.07) is 16.8. The monoisotopic (exact) mass is 416 g/mol. The molecular formula is C24H24N4O3. The van der Waals surface area contributed by atoms with Crippen LogP contribution in [0.5, 0.6) is 11.6 Å². The summed E-state index contributed by atoms with van der Waals surface area (Å²) in [4.78, 5) is 23.9. The van der Waals surface area contributed by atoms with Gasteiger partial charge >= 0.3 is 5.97 Å². The van der Waals surface area contributed by atoms with Crippen LogP contribution in [-0.2, 0) is 10.2 Å². The number of H-pyrrole nitrogens is 1. The third-order valence-corrected chi connectivity index (χ3v) is 4.83. The molecule has 7 nitrogen and oxygen atoms in total. The molecule has 0 saturated heterocycles. The Kier molecular flexibility index (Phi) is 5.33. The van der Waals surface area contributed by atoms with Gasteiger partial charge < -0.3 is 19.8 Å². The van der Waals surface area contributed by atoms with Gasteiger partial charge in [-0.15, -0.1) is 0 Å². The van der Waals surface area contributed by atoms with Crippen molar-refractivity contribution >= 4 is 28.6 Å². The van der Waals surface area contributed by atoms with Crippen molar-refractivity contribution in [1.29, 1.82) is 0 Å². The topological polar surface area (TPSA) is 89.1 Å². The molecule has 0 fully saturated rings. The second kappa shape index (κ2) is 8.10. The lowest BCUT2D eigenvalue weighted by Crippen LogP contribution is -2.12. The number of imidazole rings is 1. The molecule has 158 valence electrons. The third kappa shape index (κ3) is 4.35. The van der Waals surface area contributed by atoms with Crippen LogP contribution in [0.25, 0.3) is 11.0 Å². The van der Waals surface area contributed by atoms with Gasteiger partial charge in [0.15, 0.2) is 0 Å². The lowest BCUT2D eigenvalue weighted by Gasteiger charge is -2.22. The van der Waals surface area contributed by atoms with E-state index in [4.69, 9.17) is 9.47 Å². The summed E-state index contributed by atoms with van der Waals surface area (Å²) in [5.41, 5.74) is 3.57. The SMILES string of the molecule is COC(=O)c1ccc2nc(Nc3cccnc3Oc3ccccc3C(C)(C)C)[nH]c2c1. The van der Waals surface area contributed by atoms with Gasteiger partial charge in [0, 0.05) is 11.8 Å². The van der Waals surface area contributed by atoms with E-state index >= 15 is 0 Å². The van der Waals surface area contributed by atoms with E-state index in [1.165, 1.54) is 7.11 Å². The van der Waals surface area contributed by atoms with Crippen molar-refractivity contribution in [3.05, 3.63) is 71.9 Å². The lowest BCUT2D eigenvalue weighted by molar-refractivity contribution is 0.0601. The summed E-state index contributed by atoms with van der Waals surface area (Å²) in [7, 11) is 1.36. The first kappa shape index (κ1) is 20.4. The van der Waals surface area contributed by atoms with Gasteiger partial charge in [-0.2, -0.15) is 0 Å². The maximum absolute atomic E-state index is 11.8. The summed E-state index contributed by atoms with van der Waals surface area (Å²) in [5.74, 6) is 1.31. The van der Waals surface area contributed by atoms with Crippen LogP contribution in [0.3, 0.4) is 0 Å². The molecule has 4 rings (SSSR count). The lowest BCUT2D eigenvalue weighted by atomic mass is 9.86. The molecule has 31 heavy (non-hydrogen) atoms. The number of aromatic nitrogens is 3. The van der Waals surface area contributed by atoms with Crippen LogP contribution in [0, 0.1) is 0 Å². The number of hydrogen-bond acceptors (Lipinski definition) is 6. The molecule has 0 bridgehead atoms. The predicted octanol–water partition coefficient (Wildman–Crippen LogP) is 5.58. The third-order valence-electron chi connectivity index (χ3n) is 4.83. The van der Waals surface area contributed by atoms with E-state index in [0.29, 0.717) is 23.1 Å². The molecule has 0 aliphatic heterocycles. The average molecular weight is 416 g/mol. The van der Waals surface area contributed by atoms with Gasteiger partial charge in [0.05, 0.1) is 23.7 Å². The molecule has 0 spiro atoms. The number of rotatable bonds is 5. The molecule has 7 heteroatoms. The van der Waals surface area contributed by atoms with E-state index in [9.17, 15) is 4.79 Å². The predicted molar refractivity (Wildman–Crippen MR) is 120 cm³/mol. The highest BCUT2D eigenvalue weighted by molar-refractivity contribution is 5.94. The summed E-state index contributed by atoms with van der Waals surface area (Å²) in [6.45, 7) is 6.43. The zero-order valence-corrected chi connectivity index (χ0v) is 17.9. The maximum atomic E-state index is 11.8. The molecule has 2 heterocycles. The number of nitrogens with zero attached hydrogens (tertiary/aromatic N) is 2. The van der Waals surface area contributed by atoms with Crippen molar-refractivity contribution < 1.29 is 14.3 Å². The average Bonchev–Trinajstić information content (AvgIpc) is 3.15. The number of esters is 1. The van der Waals surface area contributed by atoms with Crippen molar-refractivity contribution in [2.45, 2.75) is 26.2 Å². The minimum absolute atomic E-state index is 0.0744. The number of carbonyl (C=O) groups excluding carboxylic acids is 1. The summed E-state index contributed by atoms with van der Waals surface area (Å²) in [5, 5.41) is 3.23. The number of para-hydroxylation sites is 1. The van der Waals surface area contributed by atoms with Crippen molar-refractivity contribution in [2.75, 3.05) is 12.4 Å². The molecule has 0 amide bonds. The Morgan fingerprint density at radius 3 is 2.65 bits per heavy atom. The number of hydrogen-bond donors (Lipinski definition) is 2. The molecule has 4 aromatic rings. The number of aromatic amines is 1. The van der Waals surface area contributed by atoms with Crippen LogP contribution in [0.15, 0.2) is 60.8 Å². The molecule has 2 aromatic carbocycles. The Labute approximate surface area is 180 Å². The van der Waals surface area contributed by atoms with Crippen molar-refractivity contribution in [3.63, 3.8) is 0 Å². The van der Waals surface area contributed by atoms with Gasteiger partial charge in [-0.3, -0.25) is 0 Å². The van der Waals surface area contributed by atoms with Crippen LogP contribution in [0.2, 0.25) is 0 Å². The van der Waals surface area contributed by atoms with Gasteiger partial charge in [0.1, 0.15) is 11.4 Å². The van der Waals surface area contributed by atoms with Crippen molar-refractivity contribution in [1.82, 2.24) is 15.0 Å². The van der Waals surface area contributed by atoms with Gasteiger partial charge in [0.2, 0.25) is 11.8 Å². The molecule has 0 atom stereocenters. The first-order chi connectivity index (χ1) is 14.8. The smallest absolute Gasteiger partial charge is 0.337 e. The highest BCUT2D eigenvalue weighted by Crippen LogP contribution is 2.36. The van der Waals surface area contributed by atoms with Crippen LogP contribution in [-0.4, -0.2) is 28.0 Å². The number of pyridine rings is 1. The van der Waals surface area contributed by atoms with Crippen LogP contribution in [0.1, 0.15) is 36.7 Å². The number of nitrogens with one attached hydrogen (secondary N) is 2. The summed E-state index contributed by atoms with van der Waals surface area (Å²) >= 11 is 0. The first-order valence-corrected chi connectivity index (χ1v) is 9.92. The maximum Gasteiger partial charge on any atom is 0.337 e. The van der Waals surface area contributed by atoms with Crippen LogP contribution in [0.4, 0.5) is 11.6 Å². The number of carbonyl (C=O) groups is 1. The highest BCUT2D eigenvalue weighted by Gasteiger charge is 2.20. The van der Waals surface area contributed by atoms with Gasteiger partial charge in [-0.05, 0) is 41.8 Å². The standard InChI is InChI=1S/C24H24N4O3/c1-24(2,3)16-8-5-6-10-20(16)31-21-18(9-7-13-25-21)27-23-26-17-12-11-15(22(29)30-4)14-19(17)28-23/h5-14H,1-4H3,(H2,26,27,28). The number of ether oxygens (including phenoxy) is 2. The van der Waals surface area contributed by atoms with Gasteiger partial charge in [-0.25, -0.2) is 14.8 Å². The minimum Gasteiger partial charge on any atom is -0.465 e. The molecule has 2 N–H and O–H groups in total. The fourth-order valence-electron chi connectivity index (χ4n) is 3.29. The summed E-state index contributed by atoms with van der Waals surface area (Å²) < 4.78 is 11.0. The molecule has 2 aromatic heterocycles. The van der Waals surface area contributed by atoms with Crippen molar-refractivity contribution in [3.8, 4) is 11.6 Å². The van der Waals surface area contributed by atoms with E-state index in [1.54, 1.807) is 24.4 Å². The molecular weight excluding hydrogens is 392 g/mol. The molecule has 0 saturated carbocycles. The Hall–Kier alpha value is -3.87. The fraction of sp³-hybridized carbons (Fsp3) is 0.208. The Morgan fingerprint density at radius 2 is 1.87 bits per heavy atom. The zero-order valence-electron chi connectivity index (χ0n) is 17.9. The van der Waals surface area contributed by atoms with Crippen LogP contribution >= 0.6 is 0 Å². The van der Waals surface area contributed by atoms with Gasteiger partial charge in [0.25, 0.3) is 0 Å². The van der Waals surface area contributed by atoms with Crippen LogP contribution < -0.4 is 10.1 Å². The molecule has 0 aliphatic carbocycles. The van der Waals surface area contributed by atoms with Crippen molar-refractivity contribution in [2.24, 2.45) is 0 Å². The largest absolute Gasteiger partial charge is 0.465 e. The molecule has 0 radical (unpaired) electrons. The van der Waals surface area contributed by atoms with E-state index < -0.39 is 5.97 Å². The second-order valence-corrected chi connectivity index (χ2v) is 8.14. The minimum atomic E-state index is -0.397. The van der Waals surface area contributed by atoms with E-state index in [-0.39, 0.29) is 5.41 Å². The number of benzene rings is 2. The Balaban J connectivity index is 1.64. The fourth-order valence-corrected chi connectivity index (χ4v) is 3.29. The molecule has 0 unspecified atom stereocenters. The van der Waals surface area contributed by atoms with Gasteiger partial charge in [-0.1, -0.05) is 39.0 Å². The van der Waals surface area contributed by atoms with E-state index in [2.05, 4.69) is 47.1 Å². The van der Waals surface area contributed by atoms with E-state index in [0.717, 1.165) is 22.3 Å². The Morgan fingerprint density at radius 1 is 1.06 bits per heavy atom. The van der Waals surface area contributed by atoms with E-state index in [1.807, 2.05) is 30.3 Å². The summed E-state index contributed by atoms with van der Waals surface area (Å²) in [6.07, 6.45) is 1.68.